The van der Waals surface area contributed by atoms with E-state index in [4.69, 9.17) is 4.74 Å². The predicted octanol–water partition coefficient (Wildman–Crippen LogP) is 2.54. The van der Waals surface area contributed by atoms with E-state index in [0.29, 0.717) is 18.2 Å². The number of nitrogens with zero attached hydrogens (tertiary/aromatic N) is 3. The lowest BCUT2D eigenvalue weighted by Crippen LogP contribution is -2.45. The zero-order valence-corrected chi connectivity index (χ0v) is 15.9. The fourth-order valence-electron chi connectivity index (χ4n) is 3.60. The van der Waals surface area contributed by atoms with E-state index in [1.165, 1.54) is 12.8 Å². The van der Waals surface area contributed by atoms with Crippen LogP contribution >= 0.6 is 0 Å². The van der Waals surface area contributed by atoms with Gasteiger partial charge in [0.1, 0.15) is 5.75 Å². The number of nitrogens with one attached hydrogen (secondary N) is 1. The number of likely N-dealkylation sites (tertiary alicyclic amines) is 1. The number of amides is 1. The molecule has 4 rings (SSSR count). The molecule has 0 spiro atoms. The molecule has 2 heterocycles. The van der Waals surface area contributed by atoms with Crippen molar-refractivity contribution < 1.29 is 9.53 Å². The molecule has 0 unspecified atom stereocenters. The summed E-state index contributed by atoms with van der Waals surface area (Å²) in [5.41, 5.74) is 1.80. The number of aromatic nitrogens is 2. The largest absolute Gasteiger partial charge is 0.497 e. The first-order valence-electron chi connectivity index (χ1n) is 9.89. The summed E-state index contributed by atoms with van der Waals surface area (Å²) in [6.07, 6.45) is 8.37. The van der Waals surface area contributed by atoms with Crippen LogP contribution < -0.4 is 10.1 Å². The summed E-state index contributed by atoms with van der Waals surface area (Å²) >= 11 is 0. The number of hydrogen-bond donors (Lipinski definition) is 1. The molecular weight excluding hydrogens is 340 g/mol. The van der Waals surface area contributed by atoms with Gasteiger partial charge in [0.15, 0.2) is 0 Å². The molecule has 6 heteroatoms. The van der Waals surface area contributed by atoms with Crippen LogP contribution in [0.25, 0.3) is 0 Å². The molecule has 0 atom stereocenters. The summed E-state index contributed by atoms with van der Waals surface area (Å²) in [5.74, 6) is 1.84. The molecular formula is C21H28N4O2. The number of carbonyl (C=O) groups excluding carboxylic acids is 1. The maximum atomic E-state index is 12.8. The fraction of sp³-hybridized carbons (Fsp3) is 0.524. The van der Waals surface area contributed by atoms with Gasteiger partial charge < -0.3 is 15.0 Å². The first kappa shape index (κ1) is 18.0. The van der Waals surface area contributed by atoms with E-state index < -0.39 is 0 Å². The summed E-state index contributed by atoms with van der Waals surface area (Å²) < 4.78 is 7.00. The molecule has 1 saturated carbocycles. The first-order valence-corrected chi connectivity index (χ1v) is 9.89. The maximum absolute atomic E-state index is 12.8. The molecule has 27 heavy (non-hydrogen) atoms. The van der Waals surface area contributed by atoms with Gasteiger partial charge in [-0.2, -0.15) is 5.10 Å². The molecule has 1 aliphatic heterocycles. The van der Waals surface area contributed by atoms with Crippen LogP contribution in [0, 0.1) is 5.92 Å². The molecule has 1 aromatic heterocycles. The molecule has 0 radical (unpaired) electrons. The Morgan fingerprint density at radius 3 is 2.59 bits per heavy atom. The summed E-state index contributed by atoms with van der Waals surface area (Å²) in [6, 6.07) is 8.47. The molecule has 1 N–H and O–H groups in total. The standard InChI is InChI=1S/C21H28N4O2/c1-27-20-6-4-17(5-7-20)14-25-15-18(13-23-25)21(26)24-10-8-19(9-11-24)22-12-16-2-3-16/h4-7,13,15-16,19,22H,2-3,8-12,14H2,1H3. The minimum Gasteiger partial charge on any atom is -0.497 e. The third-order valence-electron chi connectivity index (χ3n) is 5.56. The average molecular weight is 368 g/mol. The second kappa shape index (κ2) is 8.13. The Morgan fingerprint density at radius 2 is 1.93 bits per heavy atom. The van der Waals surface area contributed by atoms with Gasteiger partial charge in [0, 0.05) is 25.3 Å². The van der Waals surface area contributed by atoms with E-state index in [-0.39, 0.29) is 5.91 Å². The van der Waals surface area contributed by atoms with Gasteiger partial charge in [-0.15, -0.1) is 0 Å². The molecule has 0 bridgehead atoms. The smallest absolute Gasteiger partial charge is 0.257 e. The Bertz CT molecular complexity index is 759. The van der Waals surface area contributed by atoms with Crippen LogP contribution in [0.4, 0.5) is 0 Å². The van der Waals surface area contributed by atoms with Crippen molar-refractivity contribution in [2.24, 2.45) is 5.92 Å². The Morgan fingerprint density at radius 1 is 1.19 bits per heavy atom. The van der Waals surface area contributed by atoms with Crippen LogP contribution in [0.15, 0.2) is 36.7 Å². The quantitative estimate of drug-likeness (QED) is 0.816. The molecule has 2 fully saturated rings. The molecule has 1 aromatic carbocycles. The minimum atomic E-state index is 0.0941. The number of carbonyl (C=O) groups is 1. The molecule has 1 aliphatic carbocycles. The van der Waals surface area contributed by atoms with Crippen molar-refractivity contribution in [3.8, 4) is 5.75 Å². The van der Waals surface area contributed by atoms with Gasteiger partial charge in [-0.1, -0.05) is 12.1 Å². The molecule has 144 valence electrons. The van der Waals surface area contributed by atoms with Gasteiger partial charge in [-0.25, -0.2) is 0 Å². The molecule has 2 aliphatic rings. The molecule has 2 aromatic rings. The number of rotatable bonds is 7. The first-order chi connectivity index (χ1) is 13.2. The highest BCUT2D eigenvalue weighted by Crippen LogP contribution is 2.28. The molecule has 6 nitrogen and oxygen atoms in total. The molecule has 1 amide bonds. The van der Waals surface area contributed by atoms with E-state index in [0.717, 1.165) is 49.7 Å². The monoisotopic (exact) mass is 368 g/mol. The lowest BCUT2D eigenvalue weighted by molar-refractivity contribution is 0.0705. The zero-order chi connectivity index (χ0) is 18.6. The van der Waals surface area contributed by atoms with Crippen LogP contribution in [0.5, 0.6) is 5.75 Å². The maximum Gasteiger partial charge on any atom is 0.257 e. The topological polar surface area (TPSA) is 59.4 Å². The van der Waals surface area contributed by atoms with Gasteiger partial charge in [-0.05, 0) is 55.8 Å². The van der Waals surface area contributed by atoms with E-state index in [9.17, 15) is 4.79 Å². The summed E-state index contributed by atoms with van der Waals surface area (Å²) in [4.78, 5) is 14.7. The highest BCUT2D eigenvalue weighted by molar-refractivity contribution is 5.93. The van der Waals surface area contributed by atoms with Crippen LogP contribution in [0.2, 0.25) is 0 Å². The summed E-state index contributed by atoms with van der Waals surface area (Å²) in [6.45, 7) is 3.44. The number of ether oxygens (including phenoxy) is 1. The summed E-state index contributed by atoms with van der Waals surface area (Å²) in [5, 5.41) is 8.03. The predicted molar refractivity (Wildman–Crippen MR) is 104 cm³/mol. The average Bonchev–Trinajstić information content (AvgIpc) is 3.43. The fourth-order valence-corrected chi connectivity index (χ4v) is 3.60. The van der Waals surface area contributed by atoms with Crippen molar-refractivity contribution in [2.45, 2.75) is 38.3 Å². The minimum absolute atomic E-state index is 0.0941. The Hall–Kier alpha value is -2.34. The van der Waals surface area contributed by atoms with Crippen LogP contribution in [-0.2, 0) is 6.54 Å². The molecule has 1 saturated heterocycles. The van der Waals surface area contributed by atoms with Crippen LogP contribution in [-0.4, -0.2) is 53.4 Å². The SMILES string of the molecule is COc1ccc(Cn2cc(C(=O)N3CCC(NCC4CC4)CC3)cn2)cc1. The van der Waals surface area contributed by atoms with Crippen molar-refractivity contribution in [3.05, 3.63) is 47.8 Å². The lowest BCUT2D eigenvalue weighted by Gasteiger charge is -2.32. The lowest BCUT2D eigenvalue weighted by atomic mass is 10.0. The van der Waals surface area contributed by atoms with Crippen molar-refractivity contribution in [2.75, 3.05) is 26.7 Å². The third kappa shape index (κ3) is 4.69. The van der Waals surface area contributed by atoms with E-state index >= 15 is 0 Å². The highest BCUT2D eigenvalue weighted by Gasteiger charge is 2.26. The van der Waals surface area contributed by atoms with E-state index in [1.54, 1.807) is 13.3 Å². The van der Waals surface area contributed by atoms with Crippen molar-refractivity contribution in [1.82, 2.24) is 20.0 Å². The van der Waals surface area contributed by atoms with Crippen LogP contribution in [0.1, 0.15) is 41.6 Å². The number of hydrogen-bond acceptors (Lipinski definition) is 4. The number of piperidine rings is 1. The van der Waals surface area contributed by atoms with E-state index in [1.807, 2.05) is 40.0 Å². The van der Waals surface area contributed by atoms with Gasteiger partial charge in [0.25, 0.3) is 5.91 Å². The van der Waals surface area contributed by atoms with Gasteiger partial charge in [0.05, 0.1) is 25.4 Å². The van der Waals surface area contributed by atoms with Crippen molar-refractivity contribution >= 4 is 5.91 Å². The van der Waals surface area contributed by atoms with E-state index in [2.05, 4.69) is 10.4 Å². The number of benzene rings is 1. The highest BCUT2D eigenvalue weighted by atomic mass is 16.5. The van der Waals surface area contributed by atoms with Crippen molar-refractivity contribution in [3.63, 3.8) is 0 Å². The second-order valence-electron chi connectivity index (χ2n) is 7.69. The Kier molecular flexibility index (Phi) is 5.43. The Balaban J connectivity index is 1.29. The Labute approximate surface area is 160 Å². The second-order valence-corrected chi connectivity index (χ2v) is 7.69. The van der Waals surface area contributed by atoms with Gasteiger partial charge >= 0.3 is 0 Å². The van der Waals surface area contributed by atoms with Crippen LogP contribution in [0.3, 0.4) is 0 Å². The van der Waals surface area contributed by atoms with Gasteiger partial charge in [0.2, 0.25) is 0 Å². The number of methoxy groups -OCH3 is 1. The van der Waals surface area contributed by atoms with Gasteiger partial charge in [-0.3, -0.25) is 9.48 Å². The zero-order valence-electron chi connectivity index (χ0n) is 15.9. The normalized spacial score (nSPS) is 17.9. The van der Waals surface area contributed by atoms with Crippen molar-refractivity contribution in [1.29, 1.82) is 0 Å². The third-order valence-corrected chi connectivity index (χ3v) is 5.56. The summed E-state index contributed by atoms with van der Waals surface area (Å²) in [7, 11) is 1.66.